The third-order valence-electron chi connectivity index (χ3n) is 4.14. The van der Waals surface area contributed by atoms with Crippen molar-refractivity contribution in [3.05, 3.63) is 64.1 Å². The van der Waals surface area contributed by atoms with E-state index in [2.05, 4.69) is 39.2 Å². The molecule has 0 unspecified atom stereocenters. The molecule has 0 bridgehead atoms. The highest BCUT2D eigenvalue weighted by Crippen LogP contribution is 2.22. The number of pyridine rings is 1. The minimum Gasteiger partial charge on any atom is -0.350 e. The quantitative estimate of drug-likeness (QED) is 0.694. The number of carbonyl (C=O) groups excluding carboxylic acids is 1. The maximum atomic E-state index is 12.4. The summed E-state index contributed by atoms with van der Waals surface area (Å²) < 4.78 is 0.996. The molecule has 25 heavy (non-hydrogen) atoms. The summed E-state index contributed by atoms with van der Waals surface area (Å²) >= 11 is 3.43. The zero-order valence-corrected chi connectivity index (χ0v) is 16.1. The molecule has 1 amide bonds. The Morgan fingerprint density at radius 1 is 1.12 bits per heavy atom. The number of aryl methyl sites for hydroxylation is 2. The third-order valence-corrected chi connectivity index (χ3v) is 4.64. The van der Waals surface area contributed by atoms with Crippen LogP contribution in [0.4, 0.5) is 11.5 Å². The van der Waals surface area contributed by atoms with Crippen LogP contribution >= 0.6 is 15.9 Å². The number of anilines is 2. The summed E-state index contributed by atoms with van der Waals surface area (Å²) in [4.78, 5) is 18.9. The SMILES string of the molecule is Cc1cc(Br)ccc1NC(=O)CN(C)c1cc(C)c2ccccc2n1. The van der Waals surface area contributed by atoms with Crippen LogP contribution in [0.25, 0.3) is 10.9 Å². The molecule has 0 saturated heterocycles. The molecule has 0 atom stereocenters. The highest BCUT2D eigenvalue weighted by Gasteiger charge is 2.12. The molecule has 0 fully saturated rings. The van der Waals surface area contributed by atoms with Crippen molar-refractivity contribution < 1.29 is 4.79 Å². The number of para-hydroxylation sites is 1. The lowest BCUT2D eigenvalue weighted by Crippen LogP contribution is -2.30. The maximum absolute atomic E-state index is 12.4. The van der Waals surface area contributed by atoms with Crippen molar-refractivity contribution in [3.8, 4) is 0 Å². The van der Waals surface area contributed by atoms with Gasteiger partial charge in [0.2, 0.25) is 5.91 Å². The highest BCUT2D eigenvalue weighted by molar-refractivity contribution is 9.10. The summed E-state index contributed by atoms with van der Waals surface area (Å²) in [6.45, 7) is 4.27. The van der Waals surface area contributed by atoms with Crippen LogP contribution in [0.3, 0.4) is 0 Å². The lowest BCUT2D eigenvalue weighted by atomic mass is 10.1. The van der Waals surface area contributed by atoms with Crippen LogP contribution in [0.15, 0.2) is 53.0 Å². The molecule has 3 aromatic rings. The molecular formula is C20H20BrN3O. The Hall–Kier alpha value is -2.40. The normalized spacial score (nSPS) is 10.7. The molecule has 0 aliphatic carbocycles. The van der Waals surface area contributed by atoms with E-state index >= 15 is 0 Å². The average Bonchev–Trinajstić information content (AvgIpc) is 2.57. The van der Waals surface area contributed by atoms with Crippen LogP contribution < -0.4 is 10.2 Å². The van der Waals surface area contributed by atoms with E-state index in [1.54, 1.807) is 0 Å². The van der Waals surface area contributed by atoms with Gasteiger partial charge in [-0.3, -0.25) is 4.79 Å². The first-order valence-corrected chi connectivity index (χ1v) is 8.87. The van der Waals surface area contributed by atoms with Gasteiger partial charge in [-0.2, -0.15) is 0 Å². The van der Waals surface area contributed by atoms with Crippen molar-refractivity contribution in [3.63, 3.8) is 0 Å². The summed E-state index contributed by atoms with van der Waals surface area (Å²) in [6, 6.07) is 15.8. The van der Waals surface area contributed by atoms with Crippen molar-refractivity contribution in [2.24, 2.45) is 0 Å². The van der Waals surface area contributed by atoms with Crippen LogP contribution in [-0.4, -0.2) is 24.5 Å². The number of likely N-dealkylation sites (N-methyl/N-ethyl adjacent to an activating group) is 1. The number of halogens is 1. The Bertz CT molecular complexity index is 939. The van der Waals surface area contributed by atoms with Crippen LogP contribution in [0, 0.1) is 13.8 Å². The number of hydrogen-bond acceptors (Lipinski definition) is 3. The topological polar surface area (TPSA) is 45.2 Å². The van der Waals surface area contributed by atoms with Crippen LogP contribution in [0.1, 0.15) is 11.1 Å². The van der Waals surface area contributed by atoms with Crippen molar-refractivity contribution >= 4 is 44.2 Å². The number of fused-ring (bicyclic) bond motifs is 1. The van der Waals surface area contributed by atoms with E-state index in [1.807, 2.05) is 61.3 Å². The molecule has 0 saturated carbocycles. The predicted molar refractivity (Wildman–Crippen MR) is 107 cm³/mol. The number of rotatable bonds is 4. The van der Waals surface area contributed by atoms with Gasteiger partial charge in [-0.05, 0) is 55.3 Å². The summed E-state index contributed by atoms with van der Waals surface area (Å²) in [7, 11) is 1.88. The monoisotopic (exact) mass is 397 g/mol. The van der Waals surface area contributed by atoms with Crippen LogP contribution in [0.2, 0.25) is 0 Å². The molecule has 128 valence electrons. The van der Waals surface area contributed by atoms with Gasteiger partial charge in [-0.15, -0.1) is 0 Å². The Morgan fingerprint density at radius 3 is 2.64 bits per heavy atom. The van der Waals surface area contributed by atoms with Crippen LogP contribution in [-0.2, 0) is 4.79 Å². The lowest BCUT2D eigenvalue weighted by Gasteiger charge is -2.19. The summed E-state index contributed by atoms with van der Waals surface area (Å²) in [5.74, 6) is 0.722. The molecular weight excluding hydrogens is 378 g/mol. The standard InChI is InChI=1S/C20H20BrN3O/c1-13-11-19(22-18-7-5-4-6-16(13)18)24(3)12-20(25)23-17-9-8-15(21)10-14(17)2/h4-11H,12H2,1-3H3,(H,23,25). The Labute approximate surface area is 156 Å². The van der Waals surface area contributed by atoms with Crippen molar-refractivity contribution in [1.29, 1.82) is 0 Å². The van der Waals surface area contributed by atoms with Gasteiger partial charge < -0.3 is 10.2 Å². The van der Waals surface area contributed by atoms with Gasteiger partial charge in [0, 0.05) is 22.6 Å². The molecule has 4 nitrogen and oxygen atoms in total. The number of amides is 1. The summed E-state index contributed by atoms with van der Waals surface area (Å²) in [5, 5.41) is 4.09. The molecule has 1 heterocycles. The zero-order chi connectivity index (χ0) is 18.0. The molecule has 5 heteroatoms. The second kappa shape index (κ2) is 7.23. The van der Waals surface area contributed by atoms with E-state index in [1.165, 1.54) is 0 Å². The van der Waals surface area contributed by atoms with Gasteiger partial charge >= 0.3 is 0 Å². The molecule has 0 aliphatic heterocycles. The van der Waals surface area contributed by atoms with E-state index in [-0.39, 0.29) is 12.5 Å². The predicted octanol–water partition coefficient (Wildman–Crippen LogP) is 4.69. The number of nitrogens with zero attached hydrogens (tertiary/aromatic N) is 2. The molecule has 1 aromatic heterocycles. The molecule has 0 spiro atoms. The van der Waals surface area contributed by atoms with Gasteiger partial charge in [0.1, 0.15) is 5.82 Å². The van der Waals surface area contributed by atoms with Gasteiger partial charge in [-0.1, -0.05) is 34.1 Å². The lowest BCUT2D eigenvalue weighted by molar-refractivity contribution is -0.114. The number of carbonyl (C=O) groups is 1. The smallest absolute Gasteiger partial charge is 0.243 e. The zero-order valence-electron chi connectivity index (χ0n) is 14.5. The van der Waals surface area contributed by atoms with Gasteiger partial charge in [0.25, 0.3) is 0 Å². The first-order valence-electron chi connectivity index (χ1n) is 8.07. The van der Waals surface area contributed by atoms with Crippen molar-refractivity contribution in [2.45, 2.75) is 13.8 Å². The van der Waals surface area contributed by atoms with E-state index in [4.69, 9.17) is 0 Å². The number of benzene rings is 2. The fourth-order valence-electron chi connectivity index (χ4n) is 2.78. The number of aromatic nitrogens is 1. The average molecular weight is 398 g/mol. The number of nitrogens with one attached hydrogen (secondary N) is 1. The van der Waals surface area contributed by atoms with Crippen molar-refractivity contribution in [2.75, 3.05) is 23.8 Å². The third kappa shape index (κ3) is 3.99. The fraction of sp³-hybridized carbons (Fsp3) is 0.200. The maximum Gasteiger partial charge on any atom is 0.243 e. The van der Waals surface area contributed by atoms with Gasteiger partial charge in [-0.25, -0.2) is 4.98 Å². The van der Waals surface area contributed by atoms with E-state index in [9.17, 15) is 4.79 Å². The Morgan fingerprint density at radius 2 is 1.88 bits per heavy atom. The van der Waals surface area contributed by atoms with Crippen LogP contribution in [0.5, 0.6) is 0 Å². The minimum atomic E-state index is -0.0689. The Balaban J connectivity index is 1.75. The second-order valence-corrected chi connectivity index (χ2v) is 7.09. The number of hydrogen-bond donors (Lipinski definition) is 1. The summed E-state index contributed by atoms with van der Waals surface area (Å²) in [6.07, 6.45) is 0. The highest BCUT2D eigenvalue weighted by atomic mass is 79.9. The minimum absolute atomic E-state index is 0.0689. The molecule has 0 aliphatic rings. The Kier molecular flexibility index (Phi) is 5.04. The summed E-state index contributed by atoms with van der Waals surface area (Å²) in [5.41, 5.74) is 3.93. The molecule has 3 rings (SSSR count). The van der Waals surface area contributed by atoms with Gasteiger partial charge in [0.15, 0.2) is 0 Å². The van der Waals surface area contributed by atoms with Crippen molar-refractivity contribution in [1.82, 2.24) is 4.98 Å². The second-order valence-electron chi connectivity index (χ2n) is 6.18. The molecule has 0 radical (unpaired) electrons. The molecule has 1 N–H and O–H groups in total. The molecule has 2 aromatic carbocycles. The van der Waals surface area contributed by atoms with E-state index in [0.29, 0.717) is 0 Å². The first kappa shape index (κ1) is 17.4. The van der Waals surface area contributed by atoms with E-state index < -0.39 is 0 Å². The first-order chi connectivity index (χ1) is 11.9. The van der Waals surface area contributed by atoms with E-state index in [0.717, 1.165) is 38.0 Å². The fourth-order valence-corrected chi connectivity index (χ4v) is 3.26. The van der Waals surface area contributed by atoms with Gasteiger partial charge in [0.05, 0.1) is 12.1 Å². The largest absolute Gasteiger partial charge is 0.350 e.